The topological polar surface area (TPSA) is 38.4 Å². The van der Waals surface area contributed by atoms with Crippen LogP contribution in [-0.4, -0.2) is 11.9 Å². The van der Waals surface area contributed by atoms with Crippen LogP contribution in [0.4, 0.5) is 0 Å². The monoisotopic (exact) mass is 216 g/mol. The molecule has 0 aliphatic carbocycles. The highest BCUT2D eigenvalue weighted by Crippen LogP contribution is 2.41. The summed E-state index contributed by atoms with van der Waals surface area (Å²) in [6, 6.07) is 11.0. The van der Waals surface area contributed by atoms with E-state index in [1.165, 1.54) is 12.0 Å². The first-order valence-corrected chi connectivity index (χ1v) is 6.06. The van der Waals surface area contributed by atoms with Gasteiger partial charge >= 0.3 is 0 Å². The Hall–Kier alpha value is -1.31. The van der Waals surface area contributed by atoms with Crippen LogP contribution in [-0.2, 0) is 5.41 Å². The molecule has 0 aromatic heterocycles. The minimum atomic E-state index is 0.139. The van der Waals surface area contributed by atoms with Crippen LogP contribution in [0.2, 0.25) is 0 Å². The second-order valence-corrected chi connectivity index (χ2v) is 4.75. The predicted molar refractivity (Wildman–Crippen MR) is 68.7 cm³/mol. The molecule has 0 radical (unpaired) electrons. The standard InChI is InChI=1S/C14H20N2/c1-3-9-14(10-13(15)16-11(14)2)12-7-5-4-6-8-12/h4-8,11H,3,9-10H2,1-2H3,(H2,15,16). The van der Waals surface area contributed by atoms with E-state index >= 15 is 0 Å². The predicted octanol–water partition coefficient (Wildman–Crippen LogP) is 2.87. The highest BCUT2D eigenvalue weighted by molar-refractivity contribution is 5.84. The summed E-state index contributed by atoms with van der Waals surface area (Å²) in [6.07, 6.45) is 3.23. The van der Waals surface area contributed by atoms with Gasteiger partial charge in [-0.2, -0.15) is 0 Å². The number of rotatable bonds is 3. The van der Waals surface area contributed by atoms with E-state index in [1.54, 1.807) is 0 Å². The van der Waals surface area contributed by atoms with E-state index in [1.807, 2.05) is 0 Å². The van der Waals surface area contributed by atoms with Crippen LogP contribution in [0.15, 0.2) is 35.3 Å². The molecule has 0 saturated heterocycles. The second kappa shape index (κ2) is 4.28. The van der Waals surface area contributed by atoms with Gasteiger partial charge in [0, 0.05) is 11.8 Å². The van der Waals surface area contributed by atoms with Gasteiger partial charge in [0.1, 0.15) is 0 Å². The zero-order chi connectivity index (χ0) is 11.6. The van der Waals surface area contributed by atoms with Gasteiger partial charge in [-0.1, -0.05) is 43.7 Å². The number of aliphatic imine (C=N–C) groups is 1. The van der Waals surface area contributed by atoms with E-state index in [0.29, 0.717) is 6.04 Å². The molecule has 1 aromatic rings. The molecular formula is C14H20N2. The molecule has 0 amide bonds. The largest absolute Gasteiger partial charge is 0.387 e. The first-order valence-electron chi connectivity index (χ1n) is 6.06. The van der Waals surface area contributed by atoms with E-state index in [9.17, 15) is 0 Å². The van der Waals surface area contributed by atoms with Crippen molar-refractivity contribution < 1.29 is 0 Å². The molecule has 2 atom stereocenters. The van der Waals surface area contributed by atoms with Gasteiger partial charge in [-0.3, -0.25) is 4.99 Å². The highest BCUT2D eigenvalue weighted by Gasteiger charge is 2.41. The van der Waals surface area contributed by atoms with Crippen LogP contribution in [0.25, 0.3) is 0 Å². The lowest BCUT2D eigenvalue weighted by Crippen LogP contribution is -2.34. The summed E-state index contributed by atoms with van der Waals surface area (Å²) in [5.74, 6) is 0.810. The van der Waals surface area contributed by atoms with Crippen molar-refractivity contribution in [1.82, 2.24) is 0 Å². The number of nitrogens with two attached hydrogens (primary N) is 1. The van der Waals surface area contributed by atoms with Gasteiger partial charge in [-0.15, -0.1) is 0 Å². The normalized spacial score (nSPS) is 29.1. The highest BCUT2D eigenvalue weighted by atomic mass is 14.9. The third kappa shape index (κ3) is 1.73. The average Bonchev–Trinajstić information content (AvgIpc) is 2.57. The molecule has 2 nitrogen and oxygen atoms in total. The van der Waals surface area contributed by atoms with Gasteiger partial charge < -0.3 is 5.73 Å². The molecular weight excluding hydrogens is 196 g/mol. The van der Waals surface area contributed by atoms with E-state index in [4.69, 9.17) is 5.73 Å². The number of hydrogen-bond donors (Lipinski definition) is 1. The Morgan fingerprint density at radius 3 is 2.56 bits per heavy atom. The van der Waals surface area contributed by atoms with Crippen molar-refractivity contribution in [2.75, 3.05) is 0 Å². The van der Waals surface area contributed by atoms with Crippen LogP contribution in [0.1, 0.15) is 38.7 Å². The lowest BCUT2D eigenvalue weighted by molar-refractivity contribution is 0.364. The summed E-state index contributed by atoms with van der Waals surface area (Å²) in [5.41, 5.74) is 7.44. The summed E-state index contributed by atoms with van der Waals surface area (Å²) in [6.45, 7) is 4.41. The summed E-state index contributed by atoms with van der Waals surface area (Å²) >= 11 is 0. The molecule has 1 aliphatic rings. The maximum Gasteiger partial charge on any atom is 0.0950 e. The van der Waals surface area contributed by atoms with Crippen LogP contribution in [0, 0.1) is 0 Å². The first kappa shape index (κ1) is 11.2. The van der Waals surface area contributed by atoms with Gasteiger partial charge in [-0.05, 0) is 18.9 Å². The smallest absolute Gasteiger partial charge is 0.0950 e. The lowest BCUT2D eigenvalue weighted by atomic mass is 9.71. The second-order valence-electron chi connectivity index (χ2n) is 4.75. The van der Waals surface area contributed by atoms with Crippen molar-refractivity contribution in [2.24, 2.45) is 10.7 Å². The van der Waals surface area contributed by atoms with E-state index in [2.05, 4.69) is 49.2 Å². The number of nitrogens with zero attached hydrogens (tertiary/aromatic N) is 1. The molecule has 86 valence electrons. The molecule has 1 aromatic carbocycles. The Bertz CT molecular complexity index is 383. The zero-order valence-corrected chi connectivity index (χ0v) is 10.1. The van der Waals surface area contributed by atoms with Gasteiger partial charge in [0.2, 0.25) is 0 Å². The van der Waals surface area contributed by atoms with Crippen molar-refractivity contribution in [1.29, 1.82) is 0 Å². The third-order valence-electron chi connectivity index (χ3n) is 3.70. The van der Waals surface area contributed by atoms with Crippen LogP contribution >= 0.6 is 0 Å². The third-order valence-corrected chi connectivity index (χ3v) is 3.70. The lowest BCUT2D eigenvalue weighted by Gasteiger charge is -2.33. The summed E-state index contributed by atoms with van der Waals surface area (Å²) in [5, 5.41) is 0. The Kier molecular flexibility index (Phi) is 2.99. The van der Waals surface area contributed by atoms with Crippen molar-refractivity contribution in [2.45, 2.75) is 44.6 Å². The number of benzene rings is 1. The molecule has 0 spiro atoms. The Morgan fingerprint density at radius 2 is 2.06 bits per heavy atom. The number of hydrogen-bond acceptors (Lipinski definition) is 2. The fraction of sp³-hybridized carbons (Fsp3) is 0.500. The van der Waals surface area contributed by atoms with Crippen molar-refractivity contribution in [3.63, 3.8) is 0 Å². The Balaban J connectivity index is 2.38. The summed E-state index contributed by atoms with van der Waals surface area (Å²) in [4.78, 5) is 4.53. The maximum atomic E-state index is 5.92. The van der Waals surface area contributed by atoms with Gasteiger partial charge in [-0.25, -0.2) is 0 Å². The van der Waals surface area contributed by atoms with Crippen LogP contribution < -0.4 is 5.73 Å². The fourth-order valence-electron chi connectivity index (χ4n) is 2.89. The molecule has 0 bridgehead atoms. The fourth-order valence-corrected chi connectivity index (χ4v) is 2.89. The first-order chi connectivity index (χ1) is 7.69. The maximum absolute atomic E-state index is 5.92. The van der Waals surface area contributed by atoms with Crippen LogP contribution in [0.3, 0.4) is 0 Å². The molecule has 2 rings (SSSR count). The summed E-state index contributed by atoms with van der Waals surface area (Å²) in [7, 11) is 0. The minimum Gasteiger partial charge on any atom is -0.387 e. The molecule has 0 saturated carbocycles. The van der Waals surface area contributed by atoms with Crippen molar-refractivity contribution in [3.8, 4) is 0 Å². The van der Waals surface area contributed by atoms with Crippen molar-refractivity contribution >= 4 is 5.84 Å². The SMILES string of the molecule is CCCC1(c2ccccc2)CC(N)=NC1C. The molecule has 16 heavy (non-hydrogen) atoms. The average molecular weight is 216 g/mol. The zero-order valence-electron chi connectivity index (χ0n) is 10.1. The Morgan fingerprint density at radius 1 is 1.38 bits per heavy atom. The van der Waals surface area contributed by atoms with Crippen LogP contribution in [0.5, 0.6) is 0 Å². The summed E-state index contributed by atoms with van der Waals surface area (Å²) < 4.78 is 0. The van der Waals surface area contributed by atoms with E-state index < -0.39 is 0 Å². The minimum absolute atomic E-state index is 0.139. The van der Waals surface area contributed by atoms with Gasteiger partial charge in [0.05, 0.1) is 11.9 Å². The molecule has 2 unspecified atom stereocenters. The quantitative estimate of drug-likeness (QED) is 0.829. The van der Waals surface area contributed by atoms with Gasteiger partial charge in [0.25, 0.3) is 0 Å². The van der Waals surface area contributed by atoms with E-state index in [0.717, 1.165) is 18.7 Å². The molecule has 1 aliphatic heterocycles. The Labute approximate surface area is 97.6 Å². The van der Waals surface area contributed by atoms with Gasteiger partial charge in [0.15, 0.2) is 0 Å². The molecule has 0 fully saturated rings. The molecule has 2 heteroatoms. The number of amidine groups is 1. The van der Waals surface area contributed by atoms with E-state index in [-0.39, 0.29) is 5.41 Å². The molecule has 1 heterocycles. The van der Waals surface area contributed by atoms with Crippen molar-refractivity contribution in [3.05, 3.63) is 35.9 Å². The molecule has 2 N–H and O–H groups in total.